The normalized spacial score (nSPS) is 11.8. The van der Waals surface area contributed by atoms with E-state index in [1.54, 1.807) is 0 Å². The molecule has 0 saturated heterocycles. The van der Waals surface area contributed by atoms with Gasteiger partial charge in [-0.2, -0.15) is 0 Å². The molecule has 0 spiro atoms. The molecule has 0 unspecified atom stereocenters. The van der Waals surface area contributed by atoms with Gasteiger partial charge in [0.2, 0.25) is 0 Å². The average Bonchev–Trinajstić information content (AvgIpc) is 3.22. The Morgan fingerprint density at radius 1 is 0.404 bits per heavy atom. The maximum Gasteiger partial charge on any atom is 0.164 e. The molecule has 0 bridgehead atoms. The smallest absolute Gasteiger partial charge is 0.164 e. The number of nitrogens with zero attached hydrogens (tertiary/aromatic N) is 4. The van der Waals surface area contributed by atoms with Crippen molar-refractivity contribution in [2.75, 3.05) is 4.90 Å². The Kier molecular flexibility index (Phi) is 7.36. The van der Waals surface area contributed by atoms with Gasteiger partial charge in [-0.15, -0.1) is 0 Å². The molecule has 10 rings (SSSR count). The van der Waals surface area contributed by atoms with Crippen LogP contribution >= 0.6 is 11.8 Å². The zero-order valence-electron chi connectivity index (χ0n) is 28.0. The number of para-hydroxylation sites is 2. The maximum atomic E-state index is 5.17. The molecule has 9 aromatic rings. The molecular weight excluding hydrogens is 653 g/mol. The van der Waals surface area contributed by atoms with E-state index in [2.05, 4.69) is 169 Å². The van der Waals surface area contributed by atoms with E-state index in [1.807, 2.05) is 30.0 Å². The van der Waals surface area contributed by atoms with Crippen LogP contribution < -0.4 is 4.90 Å². The summed E-state index contributed by atoms with van der Waals surface area (Å²) in [5.41, 5.74) is 8.70. The van der Waals surface area contributed by atoms with Gasteiger partial charge < -0.3 is 4.90 Å². The third kappa shape index (κ3) is 5.22. The first-order valence-electron chi connectivity index (χ1n) is 17.4. The van der Waals surface area contributed by atoms with Crippen molar-refractivity contribution in [3.05, 3.63) is 182 Å². The number of anilines is 3. The van der Waals surface area contributed by atoms with E-state index in [-0.39, 0.29) is 0 Å². The lowest BCUT2D eigenvalue weighted by molar-refractivity contribution is 1.08. The number of benzene rings is 8. The van der Waals surface area contributed by atoms with Gasteiger partial charge in [-0.05, 0) is 75.8 Å². The summed E-state index contributed by atoms with van der Waals surface area (Å²) in [4.78, 5) is 20.1. The summed E-state index contributed by atoms with van der Waals surface area (Å²) in [7, 11) is 0. The van der Waals surface area contributed by atoms with Crippen molar-refractivity contribution >= 4 is 50.4 Å². The van der Waals surface area contributed by atoms with E-state index in [9.17, 15) is 0 Å². The molecule has 4 nitrogen and oxygen atoms in total. The molecule has 2 heterocycles. The molecule has 244 valence electrons. The van der Waals surface area contributed by atoms with Crippen molar-refractivity contribution < 1.29 is 0 Å². The first kappa shape index (κ1) is 30.3. The van der Waals surface area contributed by atoms with Crippen LogP contribution in [-0.2, 0) is 0 Å². The minimum Gasteiger partial charge on any atom is -0.309 e. The van der Waals surface area contributed by atoms with Crippen molar-refractivity contribution in [2.24, 2.45) is 0 Å². The Bertz CT molecular complexity index is 2730. The summed E-state index contributed by atoms with van der Waals surface area (Å²) in [6.45, 7) is 0. The highest BCUT2D eigenvalue weighted by Crippen LogP contribution is 2.54. The summed E-state index contributed by atoms with van der Waals surface area (Å²) in [5, 5.41) is 4.67. The fourth-order valence-corrected chi connectivity index (χ4v) is 8.49. The average molecular weight is 683 g/mol. The van der Waals surface area contributed by atoms with Gasteiger partial charge in [0.25, 0.3) is 0 Å². The molecule has 5 heteroatoms. The van der Waals surface area contributed by atoms with E-state index in [1.165, 1.54) is 31.7 Å². The Morgan fingerprint density at radius 3 is 1.77 bits per heavy atom. The number of hydrogen-bond donors (Lipinski definition) is 0. The molecule has 0 amide bonds. The summed E-state index contributed by atoms with van der Waals surface area (Å²) in [6, 6.07) is 63.9. The first-order valence-corrected chi connectivity index (χ1v) is 18.2. The van der Waals surface area contributed by atoms with Crippen molar-refractivity contribution in [1.29, 1.82) is 0 Å². The second-order valence-corrected chi connectivity index (χ2v) is 13.9. The van der Waals surface area contributed by atoms with Gasteiger partial charge in [0.1, 0.15) is 0 Å². The van der Waals surface area contributed by atoms with Crippen LogP contribution in [0.4, 0.5) is 17.1 Å². The minimum atomic E-state index is 0.653. The monoisotopic (exact) mass is 682 g/mol. The highest BCUT2D eigenvalue weighted by atomic mass is 32.2. The second kappa shape index (κ2) is 12.6. The largest absolute Gasteiger partial charge is 0.309 e. The number of aromatic nitrogens is 3. The molecule has 0 atom stereocenters. The van der Waals surface area contributed by atoms with Gasteiger partial charge in [-0.1, -0.05) is 145 Å². The minimum absolute atomic E-state index is 0.653. The molecule has 1 aromatic heterocycles. The van der Waals surface area contributed by atoms with Gasteiger partial charge in [0.15, 0.2) is 17.5 Å². The molecule has 8 aromatic carbocycles. The zero-order valence-corrected chi connectivity index (χ0v) is 28.8. The van der Waals surface area contributed by atoms with Crippen molar-refractivity contribution in [2.45, 2.75) is 9.79 Å². The van der Waals surface area contributed by atoms with Crippen LogP contribution in [0.25, 0.3) is 66.8 Å². The standard InChI is InChI=1S/C47H30N4S/c1-4-15-32(16-5-1)45-48-46(34-27-26-31-14-10-11-17-33(31)30-34)50-47(49-45)40-28-29-42-43-37(22-12-23-38(40)43)39-24-13-25-41(44(39)52-42)51(35-18-6-2-7-19-35)36-20-8-3-9-21-36/h1-30H. The van der Waals surface area contributed by atoms with Crippen LogP contribution in [0.1, 0.15) is 0 Å². The predicted octanol–water partition coefficient (Wildman–Crippen LogP) is 12.8. The lowest BCUT2D eigenvalue weighted by Gasteiger charge is -2.30. The Labute approximate surface area is 306 Å². The van der Waals surface area contributed by atoms with Crippen LogP contribution in [0.3, 0.4) is 0 Å². The maximum absolute atomic E-state index is 5.17. The van der Waals surface area contributed by atoms with Gasteiger partial charge in [0.05, 0.1) is 5.69 Å². The highest BCUT2D eigenvalue weighted by Gasteiger charge is 2.26. The lowest BCUT2D eigenvalue weighted by atomic mass is 9.94. The lowest BCUT2D eigenvalue weighted by Crippen LogP contribution is -2.11. The quantitative estimate of drug-likeness (QED) is 0.175. The number of fused-ring (bicyclic) bond motifs is 3. The molecule has 1 aliphatic heterocycles. The van der Waals surface area contributed by atoms with Crippen LogP contribution in [-0.4, -0.2) is 15.0 Å². The Balaban J connectivity index is 1.15. The van der Waals surface area contributed by atoms with Crippen LogP contribution in [0.15, 0.2) is 192 Å². The fourth-order valence-electron chi connectivity index (χ4n) is 7.26. The highest BCUT2D eigenvalue weighted by molar-refractivity contribution is 8.00. The molecule has 0 radical (unpaired) electrons. The van der Waals surface area contributed by atoms with E-state index in [4.69, 9.17) is 15.0 Å². The Hall–Kier alpha value is -6.56. The third-order valence-corrected chi connectivity index (χ3v) is 10.9. The Morgan fingerprint density at radius 2 is 1.02 bits per heavy atom. The molecule has 0 saturated carbocycles. The van der Waals surface area contributed by atoms with E-state index >= 15 is 0 Å². The molecular formula is C47H30N4S. The predicted molar refractivity (Wildman–Crippen MR) is 215 cm³/mol. The van der Waals surface area contributed by atoms with Gasteiger partial charge in [-0.25, -0.2) is 15.0 Å². The van der Waals surface area contributed by atoms with Crippen LogP contribution in [0.5, 0.6) is 0 Å². The summed E-state index contributed by atoms with van der Waals surface area (Å²) in [6.07, 6.45) is 0. The summed E-state index contributed by atoms with van der Waals surface area (Å²) < 4.78 is 0. The SMILES string of the molecule is c1ccc(-c2nc(-c3ccc4ccccc4c3)nc(-c3ccc4c5c(cccc35)-c3cccc(N(c5ccccc5)c5ccccc5)c3S4)n2)cc1. The van der Waals surface area contributed by atoms with Gasteiger partial charge in [0, 0.05) is 43.2 Å². The van der Waals surface area contributed by atoms with Crippen molar-refractivity contribution in [3.8, 4) is 45.3 Å². The van der Waals surface area contributed by atoms with Gasteiger partial charge in [-0.3, -0.25) is 0 Å². The van der Waals surface area contributed by atoms with Crippen molar-refractivity contribution in [3.63, 3.8) is 0 Å². The first-order chi connectivity index (χ1) is 25.8. The molecule has 0 aliphatic carbocycles. The van der Waals surface area contributed by atoms with Crippen LogP contribution in [0, 0.1) is 0 Å². The van der Waals surface area contributed by atoms with E-state index in [0.29, 0.717) is 17.5 Å². The second-order valence-electron chi connectivity index (χ2n) is 12.8. The topological polar surface area (TPSA) is 41.9 Å². The number of hydrogen-bond acceptors (Lipinski definition) is 5. The molecule has 1 aliphatic rings. The zero-order chi connectivity index (χ0) is 34.4. The number of rotatable bonds is 6. The van der Waals surface area contributed by atoms with Gasteiger partial charge >= 0.3 is 0 Å². The van der Waals surface area contributed by atoms with E-state index < -0.39 is 0 Å². The fraction of sp³-hybridized carbons (Fsp3) is 0. The summed E-state index contributed by atoms with van der Waals surface area (Å²) in [5.74, 6) is 1.96. The molecule has 0 N–H and O–H groups in total. The van der Waals surface area contributed by atoms with E-state index in [0.717, 1.165) is 44.5 Å². The molecule has 0 fully saturated rings. The summed E-state index contributed by atoms with van der Waals surface area (Å²) >= 11 is 1.83. The van der Waals surface area contributed by atoms with Crippen molar-refractivity contribution in [1.82, 2.24) is 15.0 Å². The molecule has 52 heavy (non-hydrogen) atoms. The third-order valence-electron chi connectivity index (χ3n) is 9.68. The van der Waals surface area contributed by atoms with Crippen LogP contribution in [0.2, 0.25) is 0 Å².